The number of hydrogen-bond donors (Lipinski definition) is 1. The van der Waals surface area contributed by atoms with Gasteiger partial charge in [-0.05, 0) is 38.1 Å². The largest absolute Gasteiger partial charge is 0.493 e. The lowest BCUT2D eigenvalue weighted by Gasteiger charge is -2.19. The number of halogens is 3. The van der Waals surface area contributed by atoms with Crippen LogP contribution in [0.5, 0.6) is 11.5 Å². The minimum atomic E-state index is 0.0166. The fourth-order valence-electron chi connectivity index (χ4n) is 2.10. The zero-order valence-corrected chi connectivity index (χ0v) is 15.4. The Labute approximate surface area is 151 Å². The van der Waals surface area contributed by atoms with E-state index < -0.39 is 0 Å². The number of methoxy groups -OCH3 is 1. The Morgan fingerprint density at radius 2 is 1.78 bits per heavy atom. The molecule has 0 saturated heterocycles. The summed E-state index contributed by atoms with van der Waals surface area (Å²) < 4.78 is 11.3. The molecule has 0 unspecified atom stereocenters. The lowest BCUT2D eigenvalue weighted by Crippen LogP contribution is -2.11. The van der Waals surface area contributed by atoms with Crippen LogP contribution in [0.4, 0.5) is 5.69 Å². The summed E-state index contributed by atoms with van der Waals surface area (Å²) in [5.41, 5.74) is 1.67. The third-order valence-corrected chi connectivity index (χ3v) is 3.84. The van der Waals surface area contributed by atoms with Gasteiger partial charge in [-0.3, -0.25) is 0 Å². The molecule has 0 saturated carbocycles. The van der Waals surface area contributed by atoms with Gasteiger partial charge in [0, 0.05) is 28.2 Å². The number of anilines is 1. The summed E-state index contributed by atoms with van der Waals surface area (Å²) in [7, 11) is 1.59. The van der Waals surface area contributed by atoms with E-state index in [0.29, 0.717) is 33.1 Å². The van der Waals surface area contributed by atoms with Crippen LogP contribution in [0.2, 0.25) is 15.1 Å². The predicted molar refractivity (Wildman–Crippen MR) is 97.6 cm³/mol. The van der Waals surface area contributed by atoms with Crippen LogP contribution in [-0.2, 0) is 6.54 Å². The van der Waals surface area contributed by atoms with Crippen molar-refractivity contribution in [2.45, 2.75) is 26.5 Å². The molecule has 3 nitrogen and oxygen atoms in total. The maximum atomic E-state index is 6.18. The quantitative estimate of drug-likeness (QED) is 0.667. The summed E-state index contributed by atoms with van der Waals surface area (Å²) in [6.45, 7) is 4.41. The van der Waals surface area contributed by atoms with E-state index >= 15 is 0 Å². The zero-order valence-electron chi connectivity index (χ0n) is 13.1. The van der Waals surface area contributed by atoms with Crippen LogP contribution in [0.25, 0.3) is 0 Å². The lowest BCUT2D eigenvalue weighted by molar-refractivity contribution is 0.228. The van der Waals surface area contributed by atoms with Gasteiger partial charge in [-0.2, -0.15) is 0 Å². The minimum Gasteiger partial charge on any atom is -0.493 e. The van der Waals surface area contributed by atoms with Gasteiger partial charge in [-0.1, -0.05) is 34.8 Å². The molecule has 2 aromatic rings. The molecule has 1 N–H and O–H groups in total. The van der Waals surface area contributed by atoms with Gasteiger partial charge in [0.25, 0.3) is 0 Å². The molecule has 0 aromatic heterocycles. The summed E-state index contributed by atoms with van der Waals surface area (Å²) in [5, 5.41) is 4.99. The highest BCUT2D eigenvalue weighted by atomic mass is 35.5. The molecule has 0 bridgehead atoms. The van der Waals surface area contributed by atoms with Crippen LogP contribution in [0.1, 0.15) is 19.4 Å². The Kier molecular flexibility index (Phi) is 6.28. The Morgan fingerprint density at radius 1 is 1.04 bits per heavy atom. The van der Waals surface area contributed by atoms with E-state index in [-0.39, 0.29) is 6.10 Å². The van der Waals surface area contributed by atoms with Crippen molar-refractivity contribution in [2.24, 2.45) is 0 Å². The van der Waals surface area contributed by atoms with E-state index in [2.05, 4.69) is 5.32 Å². The summed E-state index contributed by atoms with van der Waals surface area (Å²) in [4.78, 5) is 0. The minimum absolute atomic E-state index is 0.0166. The Balaban J connectivity index is 2.28. The van der Waals surface area contributed by atoms with Crippen molar-refractivity contribution in [3.63, 3.8) is 0 Å². The van der Waals surface area contributed by atoms with Gasteiger partial charge in [0.1, 0.15) is 0 Å². The molecule has 0 heterocycles. The molecule has 2 aromatic carbocycles. The van der Waals surface area contributed by atoms with E-state index in [9.17, 15) is 0 Å². The summed E-state index contributed by atoms with van der Waals surface area (Å²) >= 11 is 18.3. The molecule has 0 amide bonds. The second-order valence-electron chi connectivity index (χ2n) is 5.24. The molecular weight excluding hydrogens is 357 g/mol. The third-order valence-electron chi connectivity index (χ3n) is 3.07. The van der Waals surface area contributed by atoms with E-state index in [4.69, 9.17) is 44.3 Å². The average Bonchev–Trinajstić information content (AvgIpc) is 2.48. The third kappa shape index (κ3) is 4.84. The van der Waals surface area contributed by atoms with Gasteiger partial charge in [-0.15, -0.1) is 0 Å². The monoisotopic (exact) mass is 373 g/mol. The van der Waals surface area contributed by atoms with Crippen molar-refractivity contribution in [3.05, 3.63) is 51.0 Å². The second kappa shape index (κ2) is 8.00. The summed E-state index contributed by atoms with van der Waals surface area (Å²) in [6.07, 6.45) is 0.0166. The summed E-state index contributed by atoms with van der Waals surface area (Å²) in [6, 6.07) is 8.88. The molecule has 0 aliphatic rings. The number of rotatable bonds is 6. The number of benzene rings is 2. The maximum absolute atomic E-state index is 6.18. The fourth-order valence-corrected chi connectivity index (χ4v) is 2.80. The molecule has 6 heteroatoms. The van der Waals surface area contributed by atoms with Crippen molar-refractivity contribution < 1.29 is 9.47 Å². The summed E-state index contributed by atoms with van der Waals surface area (Å²) in [5.74, 6) is 1.27. The first-order valence-electron chi connectivity index (χ1n) is 7.12. The van der Waals surface area contributed by atoms with Gasteiger partial charge in [-0.25, -0.2) is 0 Å². The maximum Gasteiger partial charge on any atom is 0.166 e. The molecule has 124 valence electrons. The van der Waals surface area contributed by atoms with Gasteiger partial charge >= 0.3 is 0 Å². The fraction of sp³-hybridized carbons (Fsp3) is 0.294. The van der Waals surface area contributed by atoms with E-state index in [0.717, 1.165) is 11.3 Å². The molecule has 0 spiro atoms. The van der Waals surface area contributed by atoms with Crippen LogP contribution in [0.3, 0.4) is 0 Å². The first-order chi connectivity index (χ1) is 10.9. The highest BCUT2D eigenvalue weighted by Crippen LogP contribution is 2.36. The van der Waals surface area contributed by atoms with Crippen molar-refractivity contribution in [2.75, 3.05) is 12.4 Å². The van der Waals surface area contributed by atoms with Crippen molar-refractivity contribution in [1.29, 1.82) is 0 Å². The number of nitrogens with one attached hydrogen (secondary N) is 1. The van der Waals surface area contributed by atoms with Gasteiger partial charge in [0.2, 0.25) is 0 Å². The Bertz CT molecular complexity index is 690. The van der Waals surface area contributed by atoms with Gasteiger partial charge in [0.05, 0.1) is 23.9 Å². The predicted octanol–water partition coefficient (Wildman–Crippen LogP) is 6.05. The smallest absolute Gasteiger partial charge is 0.166 e. The Hall–Kier alpha value is -1.29. The first-order valence-corrected chi connectivity index (χ1v) is 8.26. The standard InChI is InChI=1S/C17H18Cl3NO2/c1-10(2)23-17-11(6-13(19)8-16(17)22-3)9-21-15-5-4-12(18)7-14(15)20/h4-8,10,21H,9H2,1-3H3. The van der Waals surface area contributed by atoms with E-state index in [1.807, 2.05) is 26.0 Å². The van der Waals surface area contributed by atoms with Crippen LogP contribution >= 0.6 is 34.8 Å². The molecular formula is C17H18Cl3NO2. The highest BCUT2D eigenvalue weighted by Gasteiger charge is 2.14. The highest BCUT2D eigenvalue weighted by molar-refractivity contribution is 6.36. The number of hydrogen-bond acceptors (Lipinski definition) is 3. The zero-order chi connectivity index (χ0) is 17.0. The lowest BCUT2D eigenvalue weighted by atomic mass is 10.1. The molecule has 23 heavy (non-hydrogen) atoms. The van der Waals surface area contributed by atoms with Crippen LogP contribution in [0, 0.1) is 0 Å². The second-order valence-corrected chi connectivity index (χ2v) is 6.52. The van der Waals surface area contributed by atoms with Crippen LogP contribution in [0.15, 0.2) is 30.3 Å². The van der Waals surface area contributed by atoms with Crippen LogP contribution in [-0.4, -0.2) is 13.2 Å². The van der Waals surface area contributed by atoms with Crippen molar-refractivity contribution in [3.8, 4) is 11.5 Å². The normalized spacial score (nSPS) is 10.7. The number of ether oxygens (including phenoxy) is 2. The molecule has 0 atom stereocenters. The van der Waals surface area contributed by atoms with Gasteiger partial charge < -0.3 is 14.8 Å². The van der Waals surface area contributed by atoms with Crippen molar-refractivity contribution >= 4 is 40.5 Å². The molecule has 0 radical (unpaired) electrons. The van der Waals surface area contributed by atoms with E-state index in [1.165, 1.54) is 0 Å². The molecule has 0 aliphatic carbocycles. The molecule has 0 aliphatic heterocycles. The Morgan fingerprint density at radius 3 is 2.39 bits per heavy atom. The topological polar surface area (TPSA) is 30.5 Å². The molecule has 0 fully saturated rings. The van der Waals surface area contributed by atoms with E-state index in [1.54, 1.807) is 25.3 Å². The van der Waals surface area contributed by atoms with Crippen molar-refractivity contribution in [1.82, 2.24) is 0 Å². The average molecular weight is 375 g/mol. The van der Waals surface area contributed by atoms with Gasteiger partial charge in [0.15, 0.2) is 11.5 Å². The SMILES string of the molecule is COc1cc(Cl)cc(CNc2ccc(Cl)cc2Cl)c1OC(C)C. The first kappa shape index (κ1) is 18.1. The molecule has 2 rings (SSSR count). The van der Waals surface area contributed by atoms with Crippen LogP contribution < -0.4 is 14.8 Å².